The van der Waals surface area contributed by atoms with E-state index in [2.05, 4.69) is 0 Å². The van der Waals surface area contributed by atoms with E-state index in [9.17, 15) is 13.6 Å². The zero-order valence-corrected chi connectivity index (χ0v) is 11.9. The van der Waals surface area contributed by atoms with Gasteiger partial charge in [-0.3, -0.25) is 4.79 Å². The van der Waals surface area contributed by atoms with Crippen LogP contribution in [0.1, 0.15) is 21.8 Å². The summed E-state index contributed by atoms with van der Waals surface area (Å²) < 4.78 is 26.4. The fourth-order valence-electron chi connectivity index (χ4n) is 1.87. The molecular weight excluding hydrogens is 319 g/mol. The van der Waals surface area contributed by atoms with Gasteiger partial charge in [-0.15, -0.1) is 0 Å². The second-order valence-corrected chi connectivity index (χ2v) is 5.10. The van der Waals surface area contributed by atoms with Crippen LogP contribution in [-0.2, 0) is 0 Å². The smallest absolute Gasteiger partial charge is 0.185 e. The van der Waals surface area contributed by atoms with Crippen LogP contribution in [0.25, 0.3) is 0 Å². The van der Waals surface area contributed by atoms with E-state index < -0.39 is 23.3 Å². The van der Waals surface area contributed by atoms with Crippen LogP contribution in [0.2, 0.25) is 10.0 Å². The SMILES string of the molecule is N#CC(C(=O)c1ccc(Cl)cc1Cl)c1cc(F)cc(F)c1. The average molecular weight is 326 g/mol. The number of halogens is 4. The standard InChI is InChI=1S/C15H7Cl2F2NO/c16-9-1-2-12(14(17)5-9)15(21)13(7-20)8-3-10(18)6-11(19)4-8/h1-6,13H. The van der Waals surface area contributed by atoms with Gasteiger partial charge < -0.3 is 0 Å². The van der Waals surface area contributed by atoms with Gasteiger partial charge in [0, 0.05) is 16.7 Å². The molecule has 0 spiro atoms. The van der Waals surface area contributed by atoms with Crippen molar-refractivity contribution in [1.29, 1.82) is 5.26 Å². The lowest BCUT2D eigenvalue weighted by molar-refractivity contribution is 0.0979. The highest BCUT2D eigenvalue weighted by atomic mass is 35.5. The van der Waals surface area contributed by atoms with Gasteiger partial charge >= 0.3 is 0 Å². The molecule has 1 unspecified atom stereocenters. The number of rotatable bonds is 3. The molecule has 0 amide bonds. The van der Waals surface area contributed by atoms with Crippen LogP contribution in [0.4, 0.5) is 8.78 Å². The summed E-state index contributed by atoms with van der Waals surface area (Å²) in [6.07, 6.45) is 0. The summed E-state index contributed by atoms with van der Waals surface area (Å²) in [4.78, 5) is 12.3. The normalized spacial score (nSPS) is 11.8. The monoisotopic (exact) mass is 325 g/mol. The van der Waals surface area contributed by atoms with E-state index in [4.69, 9.17) is 28.5 Å². The first-order valence-corrected chi connectivity index (χ1v) is 6.53. The lowest BCUT2D eigenvalue weighted by Crippen LogP contribution is -2.12. The largest absolute Gasteiger partial charge is 0.292 e. The number of nitrogens with zero attached hydrogens (tertiary/aromatic N) is 1. The molecule has 0 aromatic heterocycles. The highest BCUT2D eigenvalue weighted by molar-refractivity contribution is 6.37. The summed E-state index contributed by atoms with van der Waals surface area (Å²) in [5.41, 5.74) is 0.00306. The Hall–Kier alpha value is -1.96. The minimum absolute atomic E-state index is 0.0639. The van der Waals surface area contributed by atoms with Crippen molar-refractivity contribution in [3.05, 3.63) is 69.2 Å². The van der Waals surface area contributed by atoms with Crippen molar-refractivity contribution in [1.82, 2.24) is 0 Å². The van der Waals surface area contributed by atoms with E-state index in [-0.39, 0.29) is 16.1 Å². The third-order valence-electron chi connectivity index (χ3n) is 2.81. The molecule has 0 aliphatic heterocycles. The summed E-state index contributed by atoms with van der Waals surface area (Å²) in [7, 11) is 0. The number of nitriles is 1. The predicted octanol–water partition coefficient (Wildman–Crippen LogP) is 4.76. The molecule has 0 aliphatic rings. The van der Waals surface area contributed by atoms with Gasteiger partial charge in [0.05, 0.1) is 11.1 Å². The van der Waals surface area contributed by atoms with Crippen molar-refractivity contribution < 1.29 is 13.6 Å². The van der Waals surface area contributed by atoms with Crippen LogP contribution in [-0.4, -0.2) is 5.78 Å². The predicted molar refractivity (Wildman–Crippen MR) is 75.5 cm³/mol. The first-order chi connectivity index (χ1) is 9.92. The summed E-state index contributed by atoms with van der Waals surface area (Å²) in [5, 5.41) is 9.56. The molecule has 0 saturated heterocycles. The number of Topliss-reactive ketones (excluding diaryl/α,β-unsaturated/α-hetero) is 1. The summed E-state index contributed by atoms with van der Waals surface area (Å²) in [6, 6.07) is 8.46. The van der Waals surface area contributed by atoms with Crippen molar-refractivity contribution in [2.45, 2.75) is 5.92 Å². The van der Waals surface area contributed by atoms with E-state index in [0.29, 0.717) is 11.1 Å². The third kappa shape index (κ3) is 3.38. The number of carbonyl (C=O) groups excluding carboxylic acids is 1. The molecule has 2 rings (SSSR count). The Morgan fingerprint density at radius 3 is 2.24 bits per heavy atom. The number of benzene rings is 2. The van der Waals surface area contributed by atoms with Crippen LogP contribution in [0.15, 0.2) is 36.4 Å². The molecule has 0 N–H and O–H groups in total. The maximum Gasteiger partial charge on any atom is 0.185 e. The topological polar surface area (TPSA) is 40.9 Å². The molecule has 0 radical (unpaired) electrons. The van der Waals surface area contributed by atoms with Crippen LogP contribution < -0.4 is 0 Å². The third-order valence-corrected chi connectivity index (χ3v) is 3.35. The Balaban J connectivity index is 2.46. The lowest BCUT2D eigenvalue weighted by Gasteiger charge is -2.10. The Labute approximate surface area is 129 Å². The second-order valence-electron chi connectivity index (χ2n) is 4.25. The Kier molecular flexibility index (Phi) is 4.56. The van der Waals surface area contributed by atoms with Gasteiger partial charge in [0.15, 0.2) is 5.78 Å². The Morgan fingerprint density at radius 1 is 1.10 bits per heavy atom. The van der Waals surface area contributed by atoms with Crippen molar-refractivity contribution in [3.63, 3.8) is 0 Å². The van der Waals surface area contributed by atoms with Crippen LogP contribution in [0.3, 0.4) is 0 Å². The summed E-state index contributed by atoms with van der Waals surface area (Å²) in [5.74, 6) is -3.72. The molecule has 0 aliphatic carbocycles. The molecule has 2 aromatic carbocycles. The molecule has 106 valence electrons. The van der Waals surface area contributed by atoms with E-state index >= 15 is 0 Å². The van der Waals surface area contributed by atoms with Gasteiger partial charge in [0.1, 0.15) is 17.6 Å². The average Bonchev–Trinajstić information content (AvgIpc) is 2.38. The minimum atomic E-state index is -1.35. The fourth-order valence-corrected chi connectivity index (χ4v) is 2.37. The molecule has 2 nitrogen and oxygen atoms in total. The van der Waals surface area contributed by atoms with Crippen molar-refractivity contribution >= 4 is 29.0 Å². The molecule has 0 heterocycles. The lowest BCUT2D eigenvalue weighted by atomic mass is 9.91. The molecule has 6 heteroatoms. The van der Waals surface area contributed by atoms with Gasteiger partial charge in [-0.1, -0.05) is 23.2 Å². The molecule has 1 atom stereocenters. The Bertz CT molecular complexity index is 736. The quantitative estimate of drug-likeness (QED) is 0.763. The molecule has 0 bridgehead atoms. The number of hydrogen-bond acceptors (Lipinski definition) is 2. The van der Waals surface area contributed by atoms with Gasteiger partial charge in [-0.25, -0.2) is 8.78 Å². The molecule has 21 heavy (non-hydrogen) atoms. The maximum atomic E-state index is 13.2. The Morgan fingerprint density at radius 2 is 1.71 bits per heavy atom. The highest BCUT2D eigenvalue weighted by Gasteiger charge is 2.24. The number of hydrogen-bond donors (Lipinski definition) is 0. The van der Waals surface area contributed by atoms with Crippen molar-refractivity contribution in [2.24, 2.45) is 0 Å². The highest BCUT2D eigenvalue weighted by Crippen LogP contribution is 2.28. The summed E-state index contributed by atoms with van der Waals surface area (Å²) >= 11 is 11.6. The van der Waals surface area contributed by atoms with Gasteiger partial charge in [-0.2, -0.15) is 5.26 Å². The molecule has 0 saturated carbocycles. The zero-order chi connectivity index (χ0) is 15.6. The van der Waals surface area contributed by atoms with Crippen LogP contribution in [0, 0.1) is 23.0 Å². The van der Waals surface area contributed by atoms with Gasteiger partial charge in [0.25, 0.3) is 0 Å². The zero-order valence-electron chi connectivity index (χ0n) is 10.4. The molecule has 0 fully saturated rings. The van der Waals surface area contributed by atoms with Crippen LogP contribution >= 0.6 is 23.2 Å². The van der Waals surface area contributed by atoms with E-state index in [1.807, 2.05) is 0 Å². The van der Waals surface area contributed by atoms with Crippen LogP contribution in [0.5, 0.6) is 0 Å². The van der Waals surface area contributed by atoms with E-state index in [1.165, 1.54) is 18.2 Å². The van der Waals surface area contributed by atoms with E-state index in [1.54, 1.807) is 6.07 Å². The van der Waals surface area contributed by atoms with Gasteiger partial charge in [0.2, 0.25) is 0 Å². The first kappa shape index (κ1) is 15.4. The molecular formula is C15H7Cl2F2NO. The van der Waals surface area contributed by atoms with E-state index in [0.717, 1.165) is 12.1 Å². The second kappa shape index (κ2) is 6.21. The van der Waals surface area contributed by atoms with Crippen molar-refractivity contribution in [2.75, 3.05) is 0 Å². The number of carbonyl (C=O) groups is 1. The van der Waals surface area contributed by atoms with Crippen molar-refractivity contribution in [3.8, 4) is 6.07 Å². The first-order valence-electron chi connectivity index (χ1n) is 5.77. The van der Waals surface area contributed by atoms with Gasteiger partial charge in [-0.05, 0) is 35.9 Å². The maximum absolute atomic E-state index is 13.2. The fraction of sp³-hybridized carbons (Fsp3) is 0.0667. The number of ketones is 1. The summed E-state index contributed by atoms with van der Waals surface area (Å²) in [6.45, 7) is 0. The molecule has 2 aromatic rings. The minimum Gasteiger partial charge on any atom is -0.292 e.